The number of rotatable bonds is 5. The Bertz CT molecular complexity index is 1370. The average molecular weight is 477 g/mol. The van der Waals surface area contributed by atoms with Crippen LogP contribution in [0.2, 0.25) is 0 Å². The zero-order chi connectivity index (χ0) is 23.7. The number of anilines is 1. The summed E-state index contributed by atoms with van der Waals surface area (Å²) in [5, 5.41) is 0.622. The lowest BCUT2D eigenvalue weighted by molar-refractivity contribution is -0.131. The summed E-state index contributed by atoms with van der Waals surface area (Å²) >= 11 is 1.52. The van der Waals surface area contributed by atoms with Gasteiger partial charge in [0.1, 0.15) is 10.6 Å². The van der Waals surface area contributed by atoms with E-state index in [1.165, 1.54) is 23.5 Å². The van der Waals surface area contributed by atoms with Gasteiger partial charge in [-0.3, -0.25) is 14.2 Å². The Kier molecular flexibility index (Phi) is 6.15. The Morgan fingerprint density at radius 3 is 2.44 bits per heavy atom. The number of benzene rings is 2. The van der Waals surface area contributed by atoms with Crippen molar-refractivity contribution in [1.82, 2.24) is 14.5 Å². The average Bonchev–Trinajstić information content (AvgIpc) is 3.21. The van der Waals surface area contributed by atoms with E-state index < -0.39 is 0 Å². The molecule has 4 aromatic rings. The van der Waals surface area contributed by atoms with E-state index in [-0.39, 0.29) is 23.7 Å². The van der Waals surface area contributed by atoms with E-state index in [0.29, 0.717) is 38.1 Å². The molecule has 6 nitrogen and oxygen atoms in total. The largest absolute Gasteiger partial charge is 0.368 e. The van der Waals surface area contributed by atoms with Gasteiger partial charge in [-0.2, -0.15) is 0 Å². The second kappa shape index (κ2) is 9.38. The number of piperazine rings is 1. The van der Waals surface area contributed by atoms with Gasteiger partial charge in [-0.05, 0) is 36.8 Å². The lowest BCUT2D eigenvalue weighted by Gasteiger charge is -2.36. The molecule has 0 spiro atoms. The minimum Gasteiger partial charge on any atom is -0.368 e. The molecule has 0 saturated carbocycles. The van der Waals surface area contributed by atoms with E-state index in [2.05, 4.69) is 9.88 Å². The minimum atomic E-state index is -0.256. The maximum absolute atomic E-state index is 13.3. The third-order valence-electron chi connectivity index (χ3n) is 6.31. The highest BCUT2D eigenvalue weighted by atomic mass is 32.1. The second-order valence-electron chi connectivity index (χ2n) is 8.42. The van der Waals surface area contributed by atoms with Gasteiger partial charge in [-0.15, -0.1) is 11.3 Å². The summed E-state index contributed by atoms with van der Waals surface area (Å²) in [6.45, 7) is 4.89. The van der Waals surface area contributed by atoms with Crippen molar-refractivity contribution in [3.63, 3.8) is 0 Å². The van der Waals surface area contributed by atoms with E-state index in [4.69, 9.17) is 0 Å². The molecule has 174 valence electrons. The van der Waals surface area contributed by atoms with Crippen LogP contribution in [0.3, 0.4) is 0 Å². The zero-order valence-electron chi connectivity index (χ0n) is 18.9. The third-order valence-corrected chi connectivity index (χ3v) is 7.32. The molecule has 0 atom stereocenters. The highest BCUT2D eigenvalue weighted by molar-refractivity contribution is 7.19. The number of amides is 1. The van der Waals surface area contributed by atoms with Crippen LogP contribution in [0.15, 0.2) is 65.7 Å². The standard InChI is InChI=1S/C26H25FN4O2S/c1-18-23(19-5-3-2-4-6-19)24-25(34-18)28-17-31(26(24)33)12-11-22(32)30-15-13-29(14-16-30)21-9-7-20(27)8-10-21/h2-10,17H,11-16H2,1H3. The number of aromatic nitrogens is 2. The van der Waals surface area contributed by atoms with Crippen LogP contribution in [0, 0.1) is 12.7 Å². The fourth-order valence-corrected chi connectivity index (χ4v) is 5.49. The zero-order valence-corrected chi connectivity index (χ0v) is 19.7. The molecule has 1 saturated heterocycles. The first kappa shape index (κ1) is 22.3. The first-order valence-electron chi connectivity index (χ1n) is 11.3. The van der Waals surface area contributed by atoms with E-state index in [1.807, 2.05) is 42.2 Å². The normalized spacial score (nSPS) is 14.1. The number of halogens is 1. The first-order valence-corrected chi connectivity index (χ1v) is 12.1. The molecular formula is C26H25FN4O2S. The van der Waals surface area contributed by atoms with Crippen LogP contribution >= 0.6 is 11.3 Å². The number of aryl methyl sites for hydroxylation is 2. The van der Waals surface area contributed by atoms with Crippen LogP contribution in [0.4, 0.5) is 10.1 Å². The summed E-state index contributed by atoms with van der Waals surface area (Å²) < 4.78 is 14.7. The van der Waals surface area contributed by atoms with E-state index >= 15 is 0 Å². The van der Waals surface area contributed by atoms with Crippen LogP contribution in [0.5, 0.6) is 0 Å². The molecule has 3 heterocycles. The molecule has 1 amide bonds. The van der Waals surface area contributed by atoms with Crippen molar-refractivity contribution in [2.24, 2.45) is 0 Å². The van der Waals surface area contributed by atoms with Crippen molar-refractivity contribution in [3.8, 4) is 11.1 Å². The molecule has 1 fully saturated rings. The van der Waals surface area contributed by atoms with Gasteiger partial charge in [-0.25, -0.2) is 9.37 Å². The van der Waals surface area contributed by atoms with Crippen LogP contribution in [-0.4, -0.2) is 46.5 Å². The van der Waals surface area contributed by atoms with Crippen molar-refractivity contribution in [2.75, 3.05) is 31.1 Å². The molecule has 2 aromatic carbocycles. The number of nitrogens with zero attached hydrogens (tertiary/aromatic N) is 4. The number of fused-ring (bicyclic) bond motifs is 1. The number of thiophene rings is 1. The van der Waals surface area contributed by atoms with Crippen molar-refractivity contribution in [1.29, 1.82) is 0 Å². The van der Waals surface area contributed by atoms with Gasteiger partial charge in [0.15, 0.2) is 0 Å². The van der Waals surface area contributed by atoms with E-state index in [1.54, 1.807) is 23.0 Å². The van der Waals surface area contributed by atoms with Crippen LogP contribution in [0.25, 0.3) is 21.3 Å². The number of hydrogen-bond donors (Lipinski definition) is 0. The predicted molar refractivity (Wildman–Crippen MR) is 134 cm³/mol. The van der Waals surface area contributed by atoms with Crippen molar-refractivity contribution >= 4 is 33.1 Å². The molecule has 0 radical (unpaired) electrons. The van der Waals surface area contributed by atoms with Crippen LogP contribution in [-0.2, 0) is 11.3 Å². The summed E-state index contributed by atoms with van der Waals surface area (Å²) in [6.07, 6.45) is 1.79. The Labute approximate surface area is 200 Å². The molecule has 5 rings (SSSR count). The summed E-state index contributed by atoms with van der Waals surface area (Å²) in [5.41, 5.74) is 2.77. The quantitative estimate of drug-likeness (QED) is 0.431. The van der Waals surface area contributed by atoms with Gasteiger partial charge < -0.3 is 9.80 Å². The molecule has 0 N–H and O–H groups in total. The molecule has 0 bridgehead atoms. The fraction of sp³-hybridized carbons (Fsp3) is 0.269. The SMILES string of the molecule is Cc1sc2ncn(CCC(=O)N3CCN(c4ccc(F)cc4)CC3)c(=O)c2c1-c1ccccc1. The fourth-order valence-electron chi connectivity index (χ4n) is 4.49. The smallest absolute Gasteiger partial charge is 0.262 e. The lowest BCUT2D eigenvalue weighted by atomic mass is 10.0. The van der Waals surface area contributed by atoms with Gasteiger partial charge in [0.05, 0.1) is 11.7 Å². The van der Waals surface area contributed by atoms with Crippen molar-refractivity contribution < 1.29 is 9.18 Å². The Morgan fingerprint density at radius 2 is 1.74 bits per heavy atom. The first-order chi connectivity index (χ1) is 16.5. The Hall–Kier alpha value is -3.52. The van der Waals surface area contributed by atoms with Crippen LogP contribution in [0.1, 0.15) is 11.3 Å². The van der Waals surface area contributed by atoms with E-state index in [9.17, 15) is 14.0 Å². The molecule has 34 heavy (non-hydrogen) atoms. The topological polar surface area (TPSA) is 58.4 Å². The minimum absolute atomic E-state index is 0.0236. The molecule has 2 aromatic heterocycles. The maximum Gasteiger partial charge on any atom is 0.262 e. The van der Waals surface area contributed by atoms with Crippen molar-refractivity contribution in [3.05, 3.63) is 82.0 Å². The molecule has 0 unspecified atom stereocenters. The van der Waals surface area contributed by atoms with E-state index in [0.717, 1.165) is 26.5 Å². The molecule has 0 aliphatic carbocycles. The summed E-state index contributed by atoms with van der Waals surface area (Å²) in [4.78, 5) is 36.4. The highest BCUT2D eigenvalue weighted by Gasteiger charge is 2.22. The van der Waals surface area contributed by atoms with Gasteiger partial charge in [-0.1, -0.05) is 30.3 Å². The predicted octanol–water partition coefficient (Wildman–Crippen LogP) is 4.31. The Morgan fingerprint density at radius 1 is 1.03 bits per heavy atom. The lowest BCUT2D eigenvalue weighted by Crippen LogP contribution is -2.49. The number of carbonyl (C=O) groups is 1. The van der Waals surface area contributed by atoms with Crippen LogP contribution < -0.4 is 10.5 Å². The summed E-state index contributed by atoms with van der Waals surface area (Å²) in [7, 11) is 0. The Balaban J connectivity index is 1.27. The third kappa shape index (κ3) is 4.33. The van der Waals surface area contributed by atoms with Gasteiger partial charge in [0.25, 0.3) is 5.56 Å². The monoisotopic (exact) mass is 476 g/mol. The van der Waals surface area contributed by atoms with Gasteiger partial charge in [0, 0.05) is 55.3 Å². The molecular weight excluding hydrogens is 451 g/mol. The molecule has 1 aliphatic rings. The number of hydrogen-bond acceptors (Lipinski definition) is 5. The second-order valence-corrected chi connectivity index (χ2v) is 9.62. The van der Waals surface area contributed by atoms with Crippen molar-refractivity contribution in [2.45, 2.75) is 19.9 Å². The van der Waals surface area contributed by atoms with Gasteiger partial charge in [0.2, 0.25) is 5.91 Å². The van der Waals surface area contributed by atoms with Gasteiger partial charge >= 0.3 is 0 Å². The summed E-state index contributed by atoms with van der Waals surface area (Å²) in [5.74, 6) is -0.232. The summed E-state index contributed by atoms with van der Waals surface area (Å²) in [6, 6.07) is 16.3. The molecule has 8 heteroatoms. The number of carbonyl (C=O) groups excluding carboxylic acids is 1. The highest BCUT2D eigenvalue weighted by Crippen LogP contribution is 2.35. The molecule has 1 aliphatic heterocycles. The maximum atomic E-state index is 13.3.